The molecular formula is C17H13F2N5O. The Morgan fingerprint density at radius 3 is 2.76 bits per heavy atom. The molecule has 0 aliphatic rings. The van der Waals surface area contributed by atoms with E-state index in [0.29, 0.717) is 6.54 Å². The molecule has 0 atom stereocenters. The quantitative estimate of drug-likeness (QED) is 0.746. The number of halogens is 2. The first-order valence-corrected chi connectivity index (χ1v) is 7.34. The van der Waals surface area contributed by atoms with Crippen molar-refractivity contribution in [1.82, 2.24) is 20.3 Å². The Kier molecular flexibility index (Phi) is 4.89. The molecule has 0 fully saturated rings. The molecule has 1 amide bonds. The van der Waals surface area contributed by atoms with Crippen LogP contribution in [0.15, 0.2) is 55.0 Å². The van der Waals surface area contributed by atoms with Crippen molar-refractivity contribution >= 4 is 17.5 Å². The minimum absolute atomic E-state index is 0.00863. The third-order valence-electron chi connectivity index (χ3n) is 3.24. The van der Waals surface area contributed by atoms with E-state index in [-0.39, 0.29) is 17.3 Å². The SMILES string of the molecule is O=C(NCc1cccnc1)c1ccnc(Nc2ccc(F)cc2F)n1. The van der Waals surface area contributed by atoms with Gasteiger partial charge < -0.3 is 10.6 Å². The summed E-state index contributed by atoms with van der Waals surface area (Å²) in [4.78, 5) is 24.1. The number of amides is 1. The van der Waals surface area contributed by atoms with Gasteiger partial charge in [0.15, 0.2) is 0 Å². The van der Waals surface area contributed by atoms with Gasteiger partial charge in [0.2, 0.25) is 5.95 Å². The van der Waals surface area contributed by atoms with Gasteiger partial charge in [-0.05, 0) is 29.8 Å². The number of aromatic nitrogens is 3. The van der Waals surface area contributed by atoms with Gasteiger partial charge in [0.25, 0.3) is 5.91 Å². The second kappa shape index (κ2) is 7.43. The molecule has 0 radical (unpaired) electrons. The number of nitrogens with zero attached hydrogens (tertiary/aromatic N) is 3. The minimum atomic E-state index is -0.782. The zero-order valence-corrected chi connectivity index (χ0v) is 12.9. The molecular weight excluding hydrogens is 328 g/mol. The van der Waals surface area contributed by atoms with E-state index < -0.39 is 17.5 Å². The third-order valence-corrected chi connectivity index (χ3v) is 3.24. The lowest BCUT2D eigenvalue weighted by molar-refractivity contribution is 0.0946. The van der Waals surface area contributed by atoms with Crippen LogP contribution in [0, 0.1) is 11.6 Å². The summed E-state index contributed by atoms with van der Waals surface area (Å²) in [5, 5.41) is 5.32. The highest BCUT2D eigenvalue weighted by Gasteiger charge is 2.10. The first kappa shape index (κ1) is 16.4. The van der Waals surface area contributed by atoms with Crippen LogP contribution in [0.4, 0.5) is 20.4 Å². The predicted molar refractivity (Wildman–Crippen MR) is 87.1 cm³/mol. The molecule has 25 heavy (non-hydrogen) atoms. The topological polar surface area (TPSA) is 79.8 Å². The third kappa shape index (κ3) is 4.31. The van der Waals surface area contributed by atoms with Gasteiger partial charge in [-0.15, -0.1) is 0 Å². The Morgan fingerprint density at radius 2 is 2.00 bits per heavy atom. The molecule has 0 spiro atoms. The summed E-state index contributed by atoms with van der Waals surface area (Å²) in [5.74, 6) is -1.85. The molecule has 0 saturated carbocycles. The lowest BCUT2D eigenvalue weighted by atomic mass is 10.3. The van der Waals surface area contributed by atoms with Crippen molar-refractivity contribution in [2.24, 2.45) is 0 Å². The highest BCUT2D eigenvalue weighted by atomic mass is 19.1. The lowest BCUT2D eigenvalue weighted by Gasteiger charge is -2.08. The van der Waals surface area contributed by atoms with Crippen LogP contribution in [0.2, 0.25) is 0 Å². The van der Waals surface area contributed by atoms with Gasteiger partial charge in [-0.1, -0.05) is 6.07 Å². The molecule has 0 aliphatic carbocycles. The normalized spacial score (nSPS) is 10.3. The smallest absolute Gasteiger partial charge is 0.270 e. The maximum atomic E-state index is 13.7. The van der Waals surface area contributed by atoms with Gasteiger partial charge in [-0.2, -0.15) is 0 Å². The number of hydrogen-bond acceptors (Lipinski definition) is 5. The van der Waals surface area contributed by atoms with Crippen molar-refractivity contribution in [2.75, 3.05) is 5.32 Å². The van der Waals surface area contributed by atoms with Crippen molar-refractivity contribution in [3.63, 3.8) is 0 Å². The lowest BCUT2D eigenvalue weighted by Crippen LogP contribution is -2.24. The molecule has 6 nitrogen and oxygen atoms in total. The van der Waals surface area contributed by atoms with Crippen LogP contribution in [0.1, 0.15) is 16.1 Å². The molecule has 2 N–H and O–H groups in total. The number of rotatable bonds is 5. The van der Waals surface area contributed by atoms with Crippen molar-refractivity contribution in [3.05, 3.63) is 77.9 Å². The Labute approximate surface area is 142 Å². The summed E-state index contributed by atoms with van der Waals surface area (Å²) in [5.41, 5.74) is 0.967. The summed E-state index contributed by atoms with van der Waals surface area (Å²) in [6, 6.07) is 8.11. The number of carbonyl (C=O) groups excluding carboxylic acids is 1. The Morgan fingerprint density at radius 1 is 1.12 bits per heavy atom. The van der Waals surface area contributed by atoms with Gasteiger partial charge in [0.1, 0.15) is 17.3 Å². The monoisotopic (exact) mass is 341 g/mol. The van der Waals surface area contributed by atoms with Gasteiger partial charge in [-0.25, -0.2) is 18.7 Å². The summed E-state index contributed by atoms with van der Waals surface area (Å²) < 4.78 is 26.6. The van der Waals surface area contributed by atoms with E-state index in [4.69, 9.17) is 0 Å². The van der Waals surface area contributed by atoms with Crippen LogP contribution < -0.4 is 10.6 Å². The fourth-order valence-corrected chi connectivity index (χ4v) is 2.03. The van der Waals surface area contributed by atoms with Crippen molar-refractivity contribution in [3.8, 4) is 0 Å². The van der Waals surface area contributed by atoms with Crippen LogP contribution in [0.5, 0.6) is 0 Å². The van der Waals surface area contributed by atoms with Crippen LogP contribution in [-0.2, 0) is 6.54 Å². The van der Waals surface area contributed by atoms with E-state index >= 15 is 0 Å². The molecule has 1 aromatic carbocycles. The summed E-state index contributed by atoms with van der Waals surface area (Å²) in [6.07, 6.45) is 4.66. The average Bonchev–Trinajstić information content (AvgIpc) is 2.63. The zero-order chi connectivity index (χ0) is 17.6. The first-order valence-electron chi connectivity index (χ1n) is 7.34. The predicted octanol–water partition coefficient (Wildman–Crippen LogP) is 2.82. The second-order valence-corrected chi connectivity index (χ2v) is 5.06. The molecule has 3 aromatic rings. The van der Waals surface area contributed by atoms with E-state index in [2.05, 4.69) is 25.6 Å². The summed E-state index contributed by atoms with van der Waals surface area (Å²) in [6.45, 7) is 0.298. The number of anilines is 2. The summed E-state index contributed by atoms with van der Waals surface area (Å²) in [7, 11) is 0. The maximum absolute atomic E-state index is 13.7. The Balaban J connectivity index is 1.69. The van der Waals surface area contributed by atoms with Gasteiger partial charge in [0.05, 0.1) is 5.69 Å². The molecule has 2 heterocycles. The maximum Gasteiger partial charge on any atom is 0.270 e. The fraction of sp³-hybridized carbons (Fsp3) is 0.0588. The van der Waals surface area contributed by atoms with Crippen molar-refractivity contribution in [1.29, 1.82) is 0 Å². The molecule has 3 rings (SSSR count). The van der Waals surface area contributed by atoms with E-state index in [1.165, 1.54) is 18.3 Å². The Hall–Kier alpha value is -3.42. The first-order chi connectivity index (χ1) is 12.1. The zero-order valence-electron chi connectivity index (χ0n) is 12.9. The number of nitrogens with one attached hydrogen (secondary N) is 2. The van der Waals surface area contributed by atoms with Crippen LogP contribution >= 0.6 is 0 Å². The Bertz CT molecular complexity index is 889. The van der Waals surface area contributed by atoms with Crippen molar-refractivity contribution < 1.29 is 13.6 Å². The van der Waals surface area contributed by atoms with Crippen LogP contribution in [0.3, 0.4) is 0 Å². The number of carbonyl (C=O) groups is 1. The number of pyridine rings is 1. The van der Waals surface area contributed by atoms with Gasteiger partial charge >= 0.3 is 0 Å². The molecule has 8 heteroatoms. The summed E-state index contributed by atoms with van der Waals surface area (Å²) >= 11 is 0. The molecule has 0 aliphatic heterocycles. The van der Waals surface area contributed by atoms with E-state index in [0.717, 1.165) is 17.7 Å². The highest BCUT2D eigenvalue weighted by molar-refractivity contribution is 5.92. The number of hydrogen-bond donors (Lipinski definition) is 2. The second-order valence-electron chi connectivity index (χ2n) is 5.06. The standard InChI is InChI=1S/C17H13F2N5O/c18-12-3-4-14(13(19)8-12)23-17-21-7-5-15(24-17)16(25)22-10-11-2-1-6-20-9-11/h1-9H,10H2,(H,22,25)(H,21,23,24). The molecule has 2 aromatic heterocycles. The molecule has 0 saturated heterocycles. The molecule has 126 valence electrons. The van der Waals surface area contributed by atoms with Crippen molar-refractivity contribution in [2.45, 2.75) is 6.54 Å². The average molecular weight is 341 g/mol. The minimum Gasteiger partial charge on any atom is -0.347 e. The fourth-order valence-electron chi connectivity index (χ4n) is 2.03. The van der Waals surface area contributed by atoms with E-state index in [1.54, 1.807) is 18.5 Å². The van der Waals surface area contributed by atoms with Gasteiger partial charge in [0, 0.05) is 31.2 Å². The largest absolute Gasteiger partial charge is 0.347 e. The van der Waals surface area contributed by atoms with Crippen LogP contribution in [0.25, 0.3) is 0 Å². The molecule has 0 unspecified atom stereocenters. The highest BCUT2D eigenvalue weighted by Crippen LogP contribution is 2.18. The van der Waals surface area contributed by atoms with E-state index in [1.807, 2.05) is 6.07 Å². The van der Waals surface area contributed by atoms with E-state index in [9.17, 15) is 13.6 Å². The van der Waals surface area contributed by atoms with Gasteiger partial charge in [-0.3, -0.25) is 9.78 Å². The van der Waals surface area contributed by atoms with Crippen LogP contribution in [-0.4, -0.2) is 20.9 Å². The molecule has 0 bridgehead atoms. The number of benzene rings is 1.